The van der Waals surface area contributed by atoms with Crippen molar-refractivity contribution in [2.75, 3.05) is 18.4 Å². The highest BCUT2D eigenvalue weighted by Crippen LogP contribution is 2.22. The van der Waals surface area contributed by atoms with Crippen LogP contribution in [0.4, 0.5) is 5.69 Å². The lowest BCUT2D eigenvalue weighted by Crippen LogP contribution is -2.30. The Morgan fingerprint density at radius 3 is 2.44 bits per heavy atom. The molecule has 1 N–H and O–H groups in total. The fraction of sp³-hybridized carbons (Fsp3) is 0.211. The molecule has 1 amide bonds. The molecule has 0 saturated carbocycles. The van der Waals surface area contributed by atoms with Gasteiger partial charge in [0.25, 0.3) is 0 Å². The zero-order valence-electron chi connectivity index (χ0n) is 14.9. The van der Waals surface area contributed by atoms with Crippen LogP contribution < -0.4 is 5.32 Å². The minimum Gasteiger partial charge on any atom is -0.322 e. The first-order chi connectivity index (χ1) is 12.8. The summed E-state index contributed by atoms with van der Waals surface area (Å²) in [6.07, 6.45) is 2.88. The van der Waals surface area contributed by atoms with Crippen LogP contribution in [0.15, 0.2) is 53.4 Å². The van der Waals surface area contributed by atoms with E-state index in [1.807, 2.05) is 0 Å². The van der Waals surface area contributed by atoms with Crippen LogP contribution in [0.25, 0.3) is 6.08 Å². The van der Waals surface area contributed by atoms with Crippen molar-refractivity contribution in [3.8, 4) is 0 Å². The summed E-state index contributed by atoms with van der Waals surface area (Å²) in [4.78, 5) is 12.3. The number of hydrogen-bond donors (Lipinski definition) is 1. The van der Waals surface area contributed by atoms with Crippen molar-refractivity contribution in [2.45, 2.75) is 18.7 Å². The number of anilines is 1. The molecule has 5 nitrogen and oxygen atoms in total. The Morgan fingerprint density at radius 1 is 1.11 bits per heavy atom. The largest absolute Gasteiger partial charge is 0.322 e. The van der Waals surface area contributed by atoms with Crippen molar-refractivity contribution in [2.24, 2.45) is 0 Å². The average molecular weight is 427 g/mol. The molecular weight excluding hydrogens is 407 g/mol. The van der Waals surface area contributed by atoms with Gasteiger partial charge in [-0.15, -0.1) is 0 Å². The number of nitrogens with one attached hydrogen (secondary N) is 1. The molecule has 0 saturated heterocycles. The summed E-state index contributed by atoms with van der Waals surface area (Å²) in [6, 6.07) is 11.1. The maximum atomic E-state index is 12.6. The van der Waals surface area contributed by atoms with E-state index in [0.717, 1.165) is 0 Å². The Kier molecular flexibility index (Phi) is 7.44. The number of halogens is 2. The summed E-state index contributed by atoms with van der Waals surface area (Å²) in [5.74, 6) is -0.404. The molecule has 8 heteroatoms. The highest BCUT2D eigenvalue weighted by atomic mass is 35.5. The molecule has 2 aromatic rings. The van der Waals surface area contributed by atoms with Crippen LogP contribution in [0, 0.1) is 0 Å². The number of hydrogen-bond acceptors (Lipinski definition) is 3. The highest BCUT2D eigenvalue weighted by Gasteiger charge is 2.21. The number of carbonyl (C=O) groups excluding carboxylic acids is 1. The van der Waals surface area contributed by atoms with Gasteiger partial charge in [-0.25, -0.2) is 8.42 Å². The van der Waals surface area contributed by atoms with Crippen molar-refractivity contribution >= 4 is 50.9 Å². The summed E-state index contributed by atoms with van der Waals surface area (Å²) in [7, 11) is -3.59. The lowest BCUT2D eigenvalue weighted by atomic mass is 10.2. The Bertz CT molecular complexity index is 955. The molecule has 0 atom stereocenters. The number of benzene rings is 2. The highest BCUT2D eigenvalue weighted by molar-refractivity contribution is 7.89. The van der Waals surface area contributed by atoms with Gasteiger partial charge >= 0.3 is 0 Å². The lowest BCUT2D eigenvalue weighted by molar-refractivity contribution is -0.111. The lowest BCUT2D eigenvalue weighted by Gasteiger charge is -2.18. The van der Waals surface area contributed by atoms with E-state index in [4.69, 9.17) is 23.2 Å². The molecule has 0 aromatic heterocycles. The van der Waals surface area contributed by atoms with Gasteiger partial charge in [-0.1, -0.05) is 49.2 Å². The van der Waals surface area contributed by atoms with E-state index in [0.29, 0.717) is 34.4 Å². The maximum Gasteiger partial charge on any atom is 0.248 e. The van der Waals surface area contributed by atoms with E-state index < -0.39 is 15.9 Å². The molecule has 0 bridgehead atoms. The third kappa shape index (κ3) is 5.56. The summed E-state index contributed by atoms with van der Waals surface area (Å²) in [6.45, 7) is 4.30. The number of amides is 1. The summed E-state index contributed by atoms with van der Waals surface area (Å²) in [5.41, 5.74) is 1.04. The summed E-state index contributed by atoms with van der Waals surface area (Å²) < 4.78 is 26.5. The fourth-order valence-electron chi connectivity index (χ4n) is 2.43. The van der Waals surface area contributed by atoms with Gasteiger partial charge in [0.05, 0.1) is 4.90 Å². The molecule has 2 rings (SSSR count). The van der Waals surface area contributed by atoms with E-state index in [1.54, 1.807) is 50.3 Å². The second kappa shape index (κ2) is 9.37. The van der Waals surface area contributed by atoms with Gasteiger partial charge < -0.3 is 5.32 Å². The molecule has 0 aliphatic rings. The van der Waals surface area contributed by atoms with Crippen LogP contribution in [0.5, 0.6) is 0 Å². The second-order valence-corrected chi connectivity index (χ2v) is 8.39. The van der Waals surface area contributed by atoms with Gasteiger partial charge in [-0.3, -0.25) is 4.79 Å². The van der Waals surface area contributed by atoms with Gasteiger partial charge in [0, 0.05) is 34.9 Å². The minimum absolute atomic E-state index is 0.133. The SMILES string of the molecule is CCN(CC)S(=O)(=O)c1cccc(NC(=O)/C=C/c2ccc(Cl)cc2Cl)c1. The summed E-state index contributed by atoms with van der Waals surface area (Å²) >= 11 is 11.9. The third-order valence-electron chi connectivity index (χ3n) is 3.82. The van der Waals surface area contributed by atoms with Gasteiger partial charge in [0.2, 0.25) is 15.9 Å². The molecule has 0 unspecified atom stereocenters. The number of sulfonamides is 1. The molecule has 0 heterocycles. The minimum atomic E-state index is -3.59. The first-order valence-corrected chi connectivity index (χ1v) is 10.5. The monoisotopic (exact) mass is 426 g/mol. The molecule has 0 aliphatic heterocycles. The first kappa shape index (κ1) is 21.4. The molecular formula is C19H20Cl2N2O3S. The Morgan fingerprint density at radius 2 is 1.81 bits per heavy atom. The molecule has 144 valence electrons. The predicted octanol–water partition coefficient (Wildman–Crippen LogP) is 4.68. The third-order valence-corrected chi connectivity index (χ3v) is 6.43. The number of carbonyl (C=O) groups is 1. The second-order valence-electron chi connectivity index (χ2n) is 5.61. The zero-order valence-corrected chi connectivity index (χ0v) is 17.3. The molecule has 0 aliphatic carbocycles. The normalized spacial score (nSPS) is 11.9. The predicted molar refractivity (Wildman–Crippen MR) is 111 cm³/mol. The van der Waals surface area contributed by atoms with Crippen LogP contribution in [0.1, 0.15) is 19.4 Å². The average Bonchev–Trinajstić information content (AvgIpc) is 2.62. The van der Waals surface area contributed by atoms with Crippen molar-refractivity contribution in [1.82, 2.24) is 4.31 Å². The number of rotatable bonds is 7. The fourth-order valence-corrected chi connectivity index (χ4v) is 4.41. The van der Waals surface area contributed by atoms with Gasteiger partial charge in [0.15, 0.2) is 0 Å². The first-order valence-electron chi connectivity index (χ1n) is 8.32. The Labute approximate surface area is 169 Å². The van der Waals surface area contributed by atoms with E-state index >= 15 is 0 Å². The van der Waals surface area contributed by atoms with Crippen molar-refractivity contribution in [3.05, 3.63) is 64.1 Å². The Hall–Kier alpha value is -1.86. The number of nitrogens with zero attached hydrogens (tertiary/aromatic N) is 1. The van der Waals surface area contributed by atoms with Crippen molar-refractivity contribution in [3.63, 3.8) is 0 Å². The van der Waals surface area contributed by atoms with Gasteiger partial charge in [-0.2, -0.15) is 4.31 Å². The van der Waals surface area contributed by atoms with E-state index in [-0.39, 0.29) is 4.90 Å². The van der Waals surface area contributed by atoms with Crippen molar-refractivity contribution < 1.29 is 13.2 Å². The zero-order chi connectivity index (χ0) is 20.0. The smallest absolute Gasteiger partial charge is 0.248 e. The Balaban J connectivity index is 2.16. The van der Waals surface area contributed by atoms with E-state index in [1.165, 1.54) is 22.5 Å². The standard InChI is InChI=1S/C19H20Cl2N2O3S/c1-3-23(4-2)27(25,26)17-7-5-6-16(13-17)22-19(24)11-9-14-8-10-15(20)12-18(14)21/h5-13H,3-4H2,1-2H3,(H,22,24)/b11-9+. The van der Waals surface area contributed by atoms with E-state index in [9.17, 15) is 13.2 Å². The van der Waals surface area contributed by atoms with Crippen LogP contribution >= 0.6 is 23.2 Å². The van der Waals surface area contributed by atoms with Crippen LogP contribution in [0.3, 0.4) is 0 Å². The molecule has 0 spiro atoms. The van der Waals surface area contributed by atoms with Crippen LogP contribution in [0.2, 0.25) is 10.0 Å². The molecule has 27 heavy (non-hydrogen) atoms. The molecule has 0 fully saturated rings. The summed E-state index contributed by atoms with van der Waals surface area (Å²) in [5, 5.41) is 3.59. The maximum absolute atomic E-state index is 12.6. The van der Waals surface area contributed by atoms with Crippen molar-refractivity contribution in [1.29, 1.82) is 0 Å². The molecule has 2 aromatic carbocycles. The van der Waals surface area contributed by atoms with Crippen LogP contribution in [-0.4, -0.2) is 31.7 Å². The molecule has 0 radical (unpaired) electrons. The quantitative estimate of drug-likeness (QED) is 0.653. The van der Waals surface area contributed by atoms with Crippen LogP contribution in [-0.2, 0) is 14.8 Å². The van der Waals surface area contributed by atoms with Gasteiger partial charge in [0.1, 0.15) is 0 Å². The van der Waals surface area contributed by atoms with E-state index in [2.05, 4.69) is 5.32 Å². The van der Waals surface area contributed by atoms with Gasteiger partial charge in [-0.05, 0) is 42.0 Å². The topological polar surface area (TPSA) is 66.5 Å².